The monoisotopic (exact) mass is 582 g/mol. The average molecular weight is 583 g/mol. The van der Waals surface area contributed by atoms with E-state index in [9.17, 15) is 24.6 Å². The Balaban J connectivity index is 2.32. The maximum absolute atomic E-state index is 12.9. The number of carbonyl (C=O) groups is 3. The molecule has 0 spiro atoms. The van der Waals surface area contributed by atoms with Crippen molar-refractivity contribution in [3.63, 3.8) is 0 Å². The summed E-state index contributed by atoms with van der Waals surface area (Å²) in [7, 11) is 1.53. The Kier molecular flexibility index (Phi) is 14.2. The molecule has 0 aromatic heterocycles. The zero-order chi connectivity index (χ0) is 31.2. The fourth-order valence-electron chi connectivity index (χ4n) is 4.39. The maximum atomic E-state index is 12.9. The molecule has 9 nitrogen and oxygen atoms in total. The first kappa shape index (κ1) is 34.5. The molecule has 2 rings (SSSR count). The molecule has 1 heterocycles. The number of hydrogen-bond acceptors (Lipinski definition) is 7. The van der Waals surface area contributed by atoms with Crippen LogP contribution in [0.25, 0.3) is 0 Å². The third-order valence-electron chi connectivity index (χ3n) is 7.07. The zero-order valence-electron chi connectivity index (χ0n) is 25.5. The number of benzene rings is 1. The molecule has 2 bridgehead atoms. The van der Waals surface area contributed by atoms with E-state index >= 15 is 0 Å². The highest BCUT2D eigenvalue weighted by atomic mass is 16.5. The van der Waals surface area contributed by atoms with E-state index in [-0.39, 0.29) is 29.9 Å². The van der Waals surface area contributed by atoms with Crippen molar-refractivity contribution in [3.05, 3.63) is 71.9 Å². The van der Waals surface area contributed by atoms with E-state index in [0.29, 0.717) is 24.9 Å². The Labute approximate surface area is 249 Å². The third-order valence-corrected chi connectivity index (χ3v) is 7.07. The number of allylic oxidation sites excluding steroid dienone is 5. The van der Waals surface area contributed by atoms with Gasteiger partial charge in [-0.3, -0.25) is 9.59 Å². The minimum atomic E-state index is -0.880. The summed E-state index contributed by atoms with van der Waals surface area (Å²) in [5, 5.41) is 26.9. The molecule has 0 radical (unpaired) electrons. The highest BCUT2D eigenvalue weighted by molar-refractivity contribution is 5.91. The molecule has 0 saturated heterocycles. The van der Waals surface area contributed by atoms with Gasteiger partial charge in [-0.25, -0.2) is 4.79 Å². The summed E-state index contributed by atoms with van der Waals surface area (Å²) in [5.74, 6) is -1.73. The van der Waals surface area contributed by atoms with Gasteiger partial charge in [0.05, 0.1) is 18.6 Å². The van der Waals surface area contributed by atoms with Crippen LogP contribution in [0.1, 0.15) is 59.4 Å². The Morgan fingerprint density at radius 3 is 2.50 bits per heavy atom. The second-order valence-electron chi connectivity index (χ2n) is 11.0. The molecular formula is C33H46N2O7. The SMILES string of the molecule is CO[C@H]1\C=C/C=C/C=C/C[C@H](OC(=O)[C@@H](C)NC(=O)C(C)C)[C@@H](C)[C@@H](O)/C(C)=C\CCc2cc(O)cc(c2)NC(=O)C1. The number of rotatable bonds is 5. The van der Waals surface area contributed by atoms with Gasteiger partial charge in [0.15, 0.2) is 0 Å². The smallest absolute Gasteiger partial charge is 0.328 e. The molecule has 1 aliphatic heterocycles. The van der Waals surface area contributed by atoms with E-state index in [1.165, 1.54) is 13.2 Å². The number of phenolic OH excluding ortho intramolecular Hbond substituents is 1. The normalized spacial score (nSPS) is 26.9. The van der Waals surface area contributed by atoms with E-state index in [2.05, 4.69) is 10.6 Å². The van der Waals surface area contributed by atoms with Crippen LogP contribution in [0.3, 0.4) is 0 Å². The Hall–Kier alpha value is -3.69. The van der Waals surface area contributed by atoms with Crippen LogP contribution in [0.2, 0.25) is 0 Å². The highest BCUT2D eigenvalue weighted by Crippen LogP contribution is 2.24. The van der Waals surface area contributed by atoms with E-state index in [0.717, 1.165) is 11.1 Å². The number of fused-ring (bicyclic) bond motifs is 2. The van der Waals surface area contributed by atoms with Gasteiger partial charge in [0, 0.05) is 37.1 Å². The quantitative estimate of drug-likeness (QED) is 0.291. The van der Waals surface area contributed by atoms with Gasteiger partial charge in [0.25, 0.3) is 0 Å². The van der Waals surface area contributed by atoms with Gasteiger partial charge >= 0.3 is 5.97 Å². The predicted octanol–water partition coefficient (Wildman–Crippen LogP) is 4.76. The van der Waals surface area contributed by atoms with Crippen LogP contribution in [-0.2, 0) is 30.3 Å². The molecule has 4 N–H and O–H groups in total. The van der Waals surface area contributed by atoms with Gasteiger partial charge in [-0.1, -0.05) is 63.3 Å². The molecule has 0 saturated carbocycles. The van der Waals surface area contributed by atoms with Gasteiger partial charge in [0.2, 0.25) is 11.8 Å². The van der Waals surface area contributed by atoms with Crippen molar-refractivity contribution in [3.8, 4) is 5.75 Å². The highest BCUT2D eigenvalue weighted by Gasteiger charge is 2.30. The number of aliphatic hydroxyl groups is 1. The zero-order valence-corrected chi connectivity index (χ0v) is 25.5. The van der Waals surface area contributed by atoms with Crippen molar-refractivity contribution >= 4 is 23.5 Å². The molecule has 0 unspecified atom stereocenters. The number of carbonyl (C=O) groups excluding carboxylic acids is 3. The lowest BCUT2D eigenvalue weighted by Crippen LogP contribution is -2.44. The van der Waals surface area contributed by atoms with Crippen molar-refractivity contribution in [2.24, 2.45) is 11.8 Å². The van der Waals surface area contributed by atoms with Crippen molar-refractivity contribution in [1.29, 1.82) is 0 Å². The van der Waals surface area contributed by atoms with Crippen molar-refractivity contribution in [2.75, 3.05) is 12.4 Å². The first-order valence-electron chi connectivity index (χ1n) is 14.4. The molecule has 230 valence electrons. The first-order valence-corrected chi connectivity index (χ1v) is 14.4. The average Bonchev–Trinajstić information content (AvgIpc) is 2.93. The molecule has 1 aromatic carbocycles. The van der Waals surface area contributed by atoms with Gasteiger partial charge in [-0.05, 0) is 50.0 Å². The number of esters is 1. The molecule has 1 aliphatic rings. The van der Waals surface area contributed by atoms with Crippen LogP contribution in [0.4, 0.5) is 5.69 Å². The van der Waals surface area contributed by atoms with E-state index in [1.807, 2.05) is 38.1 Å². The summed E-state index contributed by atoms with van der Waals surface area (Å²) >= 11 is 0. The number of aryl methyl sites for hydroxylation is 1. The fourth-order valence-corrected chi connectivity index (χ4v) is 4.39. The van der Waals surface area contributed by atoms with Crippen LogP contribution in [0.15, 0.2) is 66.3 Å². The van der Waals surface area contributed by atoms with Crippen molar-refractivity contribution < 1.29 is 34.1 Å². The number of methoxy groups -OCH3 is 1. The topological polar surface area (TPSA) is 134 Å². The standard InChI is InChI=1S/C33H46N2O7/c1-21(2)32(39)34-24(5)33(40)42-29-16-11-9-7-8-10-15-28(41-6)20-30(37)35-26-17-25(18-27(36)19-26)14-12-13-22(3)31(38)23(29)4/h7-11,13,15,17-19,21,23-24,28-29,31,36,38H,12,14,16,20H2,1-6H3,(H,34,39)(H,35,37)/b8-7+,11-9+,15-10-,22-13-/t23-,24-,28+,29+,31+/m1/s1. The van der Waals surface area contributed by atoms with Gasteiger partial charge in [-0.2, -0.15) is 0 Å². The number of aliphatic hydroxyl groups excluding tert-OH is 1. The van der Waals surface area contributed by atoms with E-state index < -0.39 is 36.2 Å². The van der Waals surface area contributed by atoms with Crippen molar-refractivity contribution in [2.45, 2.75) is 84.7 Å². The number of anilines is 1. The first-order chi connectivity index (χ1) is 19.9. The maximum Gasteiger partial charge on any atom is 0.328 e. The Morgan fingerprint density at radius 1 is 1.10 bits per heavy atom. The summed E-state index contributed by atoms with van der Waals surface area (Å²) in [6, 6.07) is 4.11. The predicted molar refractivity (Wildman–Crippen MR) is 164 cm³/mol. The molecule has 5 atom stereocenters. The lowest BCUT2D eigenvalue weighted by molar-refractivity contribution is -0.156. The van der Waals surface area contributed by atoms with Crippen LogP contribution in [0.5, 0.6) is 5.75 Å². The number of ether oxygens (including phenoxy) is 2. The second kappa shape index (κ2) is 17.3. The molecular weight excluding hydrogens is 536 g/mol. The number of phenols is 1. The summed E-state index contributed by atoms with van der Waals surface area (Å²) in [5.41, 5.74) is 2.04. The van der Waals surface area contributed by atoms with E-state index in [1.54, 1.807) is 51.1 Å². The van der Waals surface area contributed by atoms with Gasteiger partial charge in [-0.15, -0.1) is 0 Å². The Bertz CT molecular complexity index is 1180. The molecule has 1 aromatic rings. The van der Waals surface area contributed by atoms with Crippen molar-refractivity contribution in [1.82, 2.24) is 5.32 Å². The molecule has 42 heavy (non-hydrogen) atoms. The minimum absolute atomic E-state index is 0.0415. The molecule has 9 heteroatoms. The third kappa shape index (κ3) is 11.7. The minimum Gasteiger partial charge on any atom is -0.508 e. The van der Waals surface area contributed by atoms with Crippen LogP contribution in [-0.4, -0.2) is 59.5 Å². The number of aromatic hydroxyl groups is 1. The molecule has 0 aliphatic carbocycles. The summed E-state index contributed by atoms with van der Waals surface area (Å²) in [4.78, 5) is 37.5. The van der Waals surface area contributed by atoms with Crippen LogP contribution >= 0.6 is 0 Å². The second-order valence-corrected chi connectivity index (χ2v) is 11.0. The van der Waals surface area contributed by atoms with Gasteiger partial charge < -0.3 is 30.3 Å². The summed E-state index contributed by atoms with van der Waals surface area (Å²) in [6.07, 6.45) is 12.4. The number of amides is 2. The number of hydrogen-bond donors (Lipinski definition) is 4. The lowest BCUT2D eigenvalue weighted by atomic mass is 9.90. The summed E-state index contributed by atoms with van der Waals surface area (Å²) in [6.45, 7) is 8.73. The molecule has 0 fully saturated rings. The van der Waals surface area contributed by atoms with Gasteiger partial charge in [0.1, 0.15) is 17.9 Å². The van der Waals surface area contributed by atoms with E-state index in [4.69, 9.17) is 9.47 Å². The fraction of sp³-hybridized carbons (Fsp3) is 0.485. The molecule has 2 amide bonds. The summed E-state index contributed by atoms with van der Waals surface area (Å²) < 4.78 is 11.2. The lowest BCUT2D eigenvalue weighted by Gasteiger charge is -2.29. The van der Waals surface area contributed by atoms with Crippen LogP contribution in [0, 0.1) is 11.8 Å². The van der Waals surface area contributed by atoms with Crippen LogP contribution < -0.4 is 10.6 Å². The number of nitrogens with one attached hydrogen (secondary N) is 2. The Morgan fingerprint density at radius 2 is 1.81 bits per heavy atom. The largest absolute Gasteiger partial charge is 0.508 e.